The Morgan fingerprint density at radius 2 is 2.20 bits per heavy atom. The highest BCUT2D eigenvalue weighted by molar-refractivity contribution is 9.09. The second-order valence-electron chi connectivity index (χ2n) is 3.03. The third-order valence-corrected chi connectivity index (χ3v) is 3.30. The minimum Gasteiger partial charge on any atom is -0.481 e. The second kappa shape index (κ2) is 2.91. The topological polar surface area (TPSA) is 37.3 Å². The summed E-state index contributed by atoms with van der Waals surface area (Å²) in [5.41, 5.74) is 0.360. The van der Waals surface area contributed by atoms with Gasteiger partial charge in [0.1, 0.15) is 0 Å². The van der Waals surface area contributed by atoms with E-state index in [4.69, 9.17) is 5.11 Å². The van der Waals surface area contributed by atoms with Gasteiger partial charge in [-0.05, 0) is 24.7 Å². The molecule has 0 radical (unpaired) electrons. The molecule has 58 valence electrons. The van der Waals surface area contributed by atoms with Crippen LogP contribution in [0.4, 0.5) is 0 Å². The molecule has 0 aromatic carbocycles. The maximum Gasteiger partial charge on any atom is 0.303 e. The fraction of sp³-hybridized carbons (Fsp3) is 0.857. The van der Waals surface area contributed by atoms with Crippen molar-refractivity contribution in [2.45, 2.75) is 25.7 Å². The average Bonchev–Trinajstić information content (AvgIpc) is 2.64. The van der Waals surface area contributed by atoms with E-state index in [0.29, 0.717) is 11.8 Å². The lowest BCUT2D eigenvalue weighted by molar-refractivity contribution is -0.137. The fourth-order valence-corrected chi connectivity index (χ4v) is 1.84. The van der Waals surface area contributed by atoms with Gasteiger partial charge in [-0.3, -0.25) is 4.79 Å². The molecule has 0 saturated heterocycles. The largest absolute Gasteiger partial charge is 0.481 e. The van der Waals surface area contributed by atoms with Crippen LogP contribution in [0.3, 0.4) is 0 Å². The van der Waals surface area contributed by atoms with Crippen molar-refractivity contribution in [2.24, 2.45) is 5.41 Å². The summed E-state index contributed by atoms with van der Waals surface area (Å²) in [7, 11) is 0. The molecular formula is C7H11BrO2. The summed E-state index contributed by atoms with van der Waals surface area (Å²) in [6, 6.07) is 0. The van der Waals surface area contributed by atoms with E-state index in [1.165, 1.54) is 12.8 Å². The van der Waals surface area contributed by atoms with E-state index in [-0.39, 0.29) is 0 Å². The highest BCUT2D eigenvalue weighted by Crippen LogP contribution is 2.50. The Hall–Kier alpha value is -0.0500. The van der Waals surface area contributed by atoms with E-state index in [0.717, 1.165) is 11.8 Å². The van der Waals surface area contributed by atoms with E-state index in [1.54, 1.807) is 0 Å². The van der Waals surface area contributed by atoms with Gasteiger partial charge in [0.25, 0.3) is 0 Å². The van der Waals surface area contributed by atoms with Crippen molar-refractivity contribution in [1.82, 2.24) is 0 Å². The lowest BCUT2D eigenvalue weighted by Gasteiger charge is -2.07. The van der Waals surface area contributed by atoms with E-state index in [2.05, 4.69) is 15.9 Å². The molecule has 0 bridgehead atoms. The number of carboxylic acid groups (broad SMARTS) is 1. The lowest BCUT2D eigenvalue weighted by Crippen LogP contribution is -2.05. The van der Waals surface area contributed by atoms with Gasteiger partial charge in [-0.2, -0.15) is 0 Å². The van der Waals surface area contributed by atoms with E-state index >= 15 is 0 Å². The summed E-state index contributed by atoms with van der Waals surface area (Å²) in [4.78, 5) is 10.2. The average molecular weight is 207 g/mol. The predicted octanol–water partition coefficient (Wildman–Crippen LogP) is 2.03. The highest BCUT2D eigenvalue weighted by Gasteiger charge is 2.41. The summed E-state index contributed by atoms with van der Waals surface area (Å²) >= 11 is 3.39. The van der Waals surface area contributed by atoms with Crippen molar-refractivity contribution < 1.29 is 9.90 Å². The number of rotatable bonds is 4. The van der Waals surface area contributed by atoms with Gasteiger partial charge < -0.3 is 5.11 Å². The Morgan fingerprint density at radius 3 is 2.50 bits per heavy atom. The van der Waals surface area contributed by atoms with Crippen LogP contribution in [-0.4, -0.2) is 16.4 Å². The van der Waals surface area contributed by atoms with Gasteiger partial charge in [0.2, 0.25) is 0 Å². The van der Waals surface area contributed by atoms with Crippen LogP contribution in [-0.2, 0) is 4.79 Å². The molecular weight excluding hydrogens is 196 g/mol. The van der Waals surface area contributed by atoms with Crippen molar-refractivity contribution >= 4 is 21.9 Å². The van der Waals surface area contributed by atoms with Gasteiger partial charge in [-0.25, -0.2) is 0 Å². The Morgan fingerprint density at radius 1 is 1.60 bits per heavy atom. The van der Waals surface area contributed by atoms with Gasteiger partial charge in [-0.15, -0.1) is 0 Å². The first-order chi connectivity index (χ1) is 4.68. The summed E-state index contributed by atoms with van der Waals surface area (Å²) in [5, 5.41) is 9.35. The molecule has 1 rings (SSSR count). The Kier molecular flexibility index (Phi) is 2.34. The molecule has 1 aliphatic carbocycles. The molecule has 0 unspecified atom stereocenters. The molecule has 0 aliphatic heterocycles. The number of carboxylic acids is 1. The van der Waals surface area contributed by atoms with Gasteiger partial charge in [0.05, 0.1) is 0 Å². The van der Waals surface area contributed by atoms with Crippen molar-refractivity contribution in [3.05, 3.63) is 0 Å². The number of aliphatic carboxylic acids is 1. The molecule has 0 amide bonds. The van der Waals surface area contributed by atoms with Crippen molar-refractivity contribution in [3.63, 3.8) is 0 Å². The number of carbonyl (C=O) groups is 1. The van der Waals surface area contributed by atoms with Crippen LogP contribution in [0.5, 0.6) is 0 Å². The van der Waals surface area contributed by atoms with Crippen LogP contribution < -0.4 is 0 Å². The molecule has 2 nitrogen and oxygen atoms in total. The van der Waals surface area contributed by atoms with E-state index < -0.39 is 5.97 Å². The zero-order chi connectivity index (χ0) is 7.61. The zero-order valence-electron chi connectivity index (χ0n) is 5.77. The Labute approximate surface area is 68.7 Å². The van der Waals surface area contributed by atoms with Crippen LogP contribution in [0.1, 0.15) is 25.7 Å². The monoisotopic (exact) mass is 206 g/mol. The molecule has 10 heavy (non-hydrogen) atoms. The normalized spacial score (nSPS) is 20.5. The zero-order valence-corrected chi connectivity index (χ0v) is 7.35. The second-order valence-corrected chi connectivity index (χ2v) is 3.59. The van der Waals surface area contributed by atoms with Gasteiger partial charge in [-0.1, -0.05) is 15.9 Å². The number of halogens is 1. The molecule has 0 atom stereocenters. The first-order valence-electron chi connectivity index (χ1n) is 3.46. The quantitative estimate of drug-likeness (QED) is 0.716. The fourth-order valence-electron chi connectivity index (χ4n) is 0.999. The minimum atomic E-state index is -0.674. The maximum atomic E-state index is 10.2. The first-order valence-corrected chi connectivity index (χ1v) is 4.58. The highest BCUT2D eigenvalue weighted by atomic mass is 79.9. The van der Waals surface area contributed by atoms with E-state index in [1.807, 2.05) is 0 Å². The number of hydrogen-bond acceptors (Lipinski definition) is 1. The van der Waals surface area contributed by atoms with Gasteiger partial charge >= 0.3 is 5.97 Å². The molecule has 1 N–H and O–H groups in total. The SMILES string of the molecule is O=C(O)CCC1(CBr)CC1. The van der Waals surface area contributed by atoms with Crippen LogP contribution >= 0.6 is 15.9 Å². The third-order valence-electron chi connectivity index (χ3n) is 2.11. The van der Waals surface area contributed by atoms with Crippen LogP contribution in [0.25, 0.3) is 0 Å². The van der Waals surface area contributed by atoms with E-state index in [9.17, 15) is 4.79 Å². The van der Waals surface area contributed by atoms with Crippen molar-refractivity contribution in [1.29, 1.82) is 0 Å². The summed E-state index contributed by atoms with van der Waals surface area (Å²) in [5.74, 6) is -0.674. The lowest BCUT2D eigenvalue weighted by atomic mass is 10.0. The number of alkyl halides is 1. The molecule has 1 aliphatic rings. The molecule has 0 aromatic rings. The molecule has 0 spiro atoms. The molecule has 1 saturated carbocycles. The number of hydrogen-bond donors (Lipinski definition) is 1. The Balaban J connectivity index is 2.19. The van der Waals surface area contributed by atoms with Gasteiger partial charge in [0.15, 0.2) is 0 Å². The standard InChI is InChI=1S/C7H11BrO2/c8-5-7(3-4-7)2-1-6(9)10/h1-5H2,(H,9,10). The Bertz CT molecular complexity index is 141. The van der Waals surface area contributed by atoms with Crippen molar-refractivity contribution in [3.8, 4) is 0 Å². The molecule has 3 heteroatoms. The minimum absolute atomic E-state index is 0.325. The molecule has 0 heterocycles. The van der Waals surface area contributed by atoms with Gasteiger partial charge in [0, 0.05) is 11.8 Å². The van der Waals surface area contributed by atoms with Crippen LogP contribution in [0.15, 0.2) is 0 Å². The van der Waals surface area contributed by atoms with Crippen LogP contribution in [0.2, 0.25) is 0 Å². The first kappa shape index (κ1) is 8.05. The van der Waals surface area contributed by atoms with Crippen LogP contribution in [0, 0.1) is 5.41 Å². The summed E-state index contributed by atoms with van der Waals surface area (Å²) < 4.78 is 0. The smallest absolute Gasteiger partial charge is 0.303 e. The molecule has 1 fully saturated rings. The predicted molar refractivity (Wildman–Crippen MR) is 42.3 cm³/mol. The molecule has 0 aromatic heterocycles. The summed E-state index contributed by atoms with van der Waals surface area (Å²) in [6.45, 7) is 0. The summed E-state index contributed by atoms with van der Waals surface area (Å²) in [6.07, 6.45) is 3.57. The van der Waals surface area contributed by atoms with Crippen molar-refractivity contribution in [2.75, 3.05) is 5.33 Å². The maximum absolute atomic E-state index is 10.2. The third kappa shape index (κ3) is 1.97.